The van der Waals surface area contributed by atoms with Crippen molar-refractivity contribution in [2.75, 3.05) is 13.2 Å². The number of carbonyl (C=O) groups excluding carboxylic acids is 1. The van der Waals surface area contributed by atoms with E-state index in [9.17, 15) is 23.1 Å². The van der Waals surface area contributed by atoms with Crippen LogP contribution in [0.1, 0.15) is 21.7 Å². The number of benzene rings is 1. The van der Waals surface area contributed by atoms with Crippen molar-refractivity contribution < 1.29 is 27.8 Å². The summed E-state index contributed by atoms with van der Waals surface area (Å²) in [6.07, 6.45) is -2.90. The van der Waals surface area contributed by atoms with Gasteiger partial charge in [0.05, 0.1) is 25.3 Å². The molecule has 29 heavy (non-hydrogen) atoms. The van der Waals surface area contributed by atoms with Crippen LogP contribution >= 0.6 is 0 Å². The van der Waals surface area contributed by atoms with Gasteiger partial charge >= 0.3 is 6.18 Å². The lowest BCUT2D eigenvalue weighted by Crippen LogP contribution is -2.31. The summed E-state index contributed by atoms with van der Waals surface area (Å²) < 4.78 is 45.9. The Balaban J connectivity index is 1.82. The quantitative estimate of drug-likeness (QED) is 0.677. The third-order valence-corrected chi connectivity index (χ3v) is 4.81. The van der Waals surface area contributed by atoms with Crippen molar-refractivity contribution in [3.05, 3.63) is 47.4 Å². The van der Waals surface area contributed by atoms with Gasteiger partial charge in [0.1, 0.15) is 11.4 Å². The summed E-state index contributed by atoms with van der Waals surface area (Å²) in [4.78, 5) is 15.2. The minimum atomic E-state index is -4.71. The van der Waals surface area contributed by atoms with Crippen LogP contribution in [0.3, 0.4) is 0 Å². The highest BCUT2D eigenvalue weighted by atomic mass is 19.4. The first-order chi connectivity index (χ1) is 13.8. The van der Waals surface area contributed by atoms with Crippen molar-refractivity contribution in [1.29, 1.82) is 0 Å². The Morgan fingerprint density at radius 2 is 2.03 bits per heavy atom. The van der Waals surface area contributed by atoms with Crippen LogP contribution in [0, 0.1) is 5.92 Å². The van der Waals surface area contributed by atoms with E-state index in [1.165, 1.54) is 0 Å². The van der Waals surface area contributed by atoms with Gasteiger partial charge in [-0.1, -0.05) is 0 Å². The van der Waals surface area contributed by atoms with Gasteiger partial charge in [-0.2, -0.15) is 18.3 Å². The van der Waals surface area contributed by atoms with Crippen LogP contribution < -0.4 is 5.73 Å². The van der Waals surface area contributed by atoms with Crippen LogP contribution in [0.25, 0.3) is 22.0 Å². The van der Waals surface area contributed by atoms with Crippen molar-refractivity contribution in [2.45, 2.75) is 19.3 Å². The molecule has 1 saturated heterocycles. The molecule has 1 aromatic carbocycles. The number of ether oxygens (including phenoxy) is 1. The topological polar surface area (TPSA) is 103 Å². The number of nitrogens with zero attached hydrogens (tertiary/aromatic N) is 3. The molecule has 152 valence electrons. The summed E-state index contributed by atoms with van der Waals surface area (Å²) in [5, 5.41) is 15.0. The Morgan fingerprint density at radius 1 is 1.28 bits per heavy atom. The fourth-order valence-electron chi connectivity index (χ4n) is 3.32. The second-order valence-corrected chi connectivity index (χ2v) is 6.94. The predicted octanol–water partition coefficient (Wildman–Crippen LogP) is 2.35. The van der Waals surface area contributed by atoms with Crippen LogP contribution in [0.15, 0.2) is 30.5 Å². The zero-order valence-electron chi connectivity index (χ0n) is 15.1. The van der Waals surface area contributed by atoms with E-state index in [1.807, 2.05) is 0 Å². The first-order valence-corrected chi connectivity index (χ1v) is 8.83. The highest BCUT2D eigenvalue weighted by Gasteiger charge is 2.34. The molecule has 7 nitrogen and oxygen atoms in total. The van der Waals surface area contributed by atoms with E-state index >= 15 is 0 Å². The molecule has 1 aliphatic rings. The number of amides is 1. The van der Waals surface area contributed by atoms with Crippen LogP contribution in [0.5, 0.6) is 0 Å². The molecule has 0 radical (unpaired) electrons. The van der Waals surface area contributed by atoms with Crippen molar-refractivity contribution >= 4 is 16.8 Å². The number of hydrogen-bond acceptors (Lipinski definition) is 5. The van der Waals surface area contributed by atoms with E-state index in [4.69, 9.17) is 10.5 Å². The van der Waals surface area contributed by atoms with Crippen molar-refractivity contribution in [3.63, 3.8) is 0 Å². The van der Waals surface area contributed by atoms with Gasteiger partial charge in [-0.25, -0.2) is 4.98 Å². The van der Waals surface area contributed by atoms with Gasteiger partial charge in [0.25, 0.3) is 5.91 Å². The smallest absolute Gasteiger partial charge is 0.392 e. The summed E-state index contributed by atoms with van der Waals surface area (Å²) in [7, 11) is 0. The maximum atomic E-state index is 13.0. The fraction of sp³-hybridized carbons (Fsp3) is 0.316. The zero-order chi connectivity index (χ0) is 20.8. The van der Waals surface area contributed by atoms with Gasteiger partial charge in [-0.15, -0.1) is 0 Å². The molecule has 2 aromatic heterocycles. The molecule has 10 heteroatoms. The summed E-state index contributed by atoms with van der Waals surface area (Å²) in [6.45, 7) is 1.62. The van der Waals surface area contributed by atoms with E-state index in [-0.39, 0.29) is 5.56 Å². The number of aromatic nitrogens is 3. The lowest BCUT2D eigenvalue weighted by molar-refractivity contribution is -0.141. The Kier molecular flexibility index (Phi) is 4.75. The number of rotatable bonds is 5. The largest absolute Gasteiger partial charge is 0.433 e. The lowest BCUT2D eigenvalue weighted by Gasteiger charge is -2.25. The monoisotopic (exact) mass is 406 g/mol. The number of carbonyl (C=O) groups is 1. The van der Waals surface area contributed by atoms with Crippen LogP contribution in [-0.2, 0) is 24.1 Å². The molecule has 0 aliphatic carbocycles. The molecule has 1 aliphatic heterocycles. The molecule has 0 saturated carbocycles. The number of aliphatic hydroxyl groups is 1. The van der Waals surface area contributed by atoms with E-state index in [1.54, 1.807) is 23.0 Å². The average Bonchev–Trinajstić information content (AvgIpc) is 3.03. The molecular weight excluding hydrogens is 389 g/mol. The second-order valence-electron chi connectivity index (χ2n) is 6.94. The molecule has 1 fully saturated rings. The Labute approximate surface area is 162 Å². The zero-order valence-corrected chi connectivity index (χ0v) is 15.1. The molecule has 3 N–H and O–H groups in total. The summed E-state index contributed by atoms with van der Waals surface area (Å²) in [6, 6.07) is 5.23. The first-order valence-electron chi connectivity index (χ1n) is 8.83. The van der Waals surface area contributed by atoms with E-state index in [0.717, 1.165) is 12.1 Å². The SMILES string of the molecule is NC(=O)c1nc(C(F)(F)F)ccc1-c1cc2cn(CC3COC3)nc2cc1CO. The van der Waals surface area contributed by atoms with E-state index in [2.05, 4.69) is 10.1 Å². The highest BCUT2D eigenvalue weighted by molar-refractivity contribution is 5.99. The molecule has 0 atom stereocenters. The van der Waals surface area contributed by atoms with Crippen LogP contribution in [-0.4, -0.2) is 39.0 Å². The standard InChI is InChI=1S/C19H17F3N4O3/c20-19(21,22)16-2-1-13(17(24-16)18(23)28)14-3-11-6-26(5-10-8-29-9-10)25-15(11)4-12(14)7-27/h1-4,6,10,27H,5,7-9H2,(H2,23,28). The van der Waals surface area contributed by atoms with Gasteiger partial charge in [-0.3, -0.25) is 9.48 Å². The lowest BCUT2D eigenvalue weighted by atomic mass is 9.96. The number of fused-ring (bicyclic) bond motifs is 1. The van der Waals surface area contributed by atoms with Gasteiger partial charge < -0.3 is 15.6 Å². The number of halogens is 3. The fourth-order valence-corrected chi connectivity index (χ4v) is 3.32. The molecule has 4 rings (SSSR count). The Bertz CT molecular complexity index is 1090. The number of pyridine rings is 1. The number of aliphatic hydroxyl groups excluding tert-OH is 1. The normalized spacial score (nSPS) is 14.9. The predicted molar refractivity (Wildman–Crippen MR) is 96.7 cm³/mol. The Morgan fingerprint density at radius 3 is 2.62 bits per heavy atom. The highest BCUT2D eigenvalue weighted by Crippen LogP contribution is 2.34. The molecular formula is C19H17F3N4O3. The average molecular weight is 406 g/mol. The van der Waals surface area contributed by atoms with Crippen LogP contribution in [0.2, 0.25) is 0 Å². The third-order valence-electron chi connectivity index (χ3n) is 4.81. The molecule has 0 unspecified atom stereocenters. The van der Waals surface area contributed by atoms with Gasteiger partial charge in [-0.05, 0) is 35.4 Å². The van der Waals surface area contributed by atoms with E-state index in [0.29, 0.717) is 47.7 Å². The minimum absolute atomic E-state index is 0.122. The molecule has 3 aromatic rings. The van der Waals surface area contributed by atoms with Crippen molar-refractivity contribution in [2.24, 2.45) is 11.7 Å². The number of alkyl halides is 3. The maximum absolute atomic E-state index is 13.0. The third kappa shape index (κ3) is 3.68. The molecule has 1 amide bonds. The number of hydrogen-bond donors (Lipinski definition) is 2. The second kappa shape index (κ2) is 7.12. The number of primary amides is 1. The van der Waals surface area contributed by atoms with Gasteiger partial charge in [0, 0.05) is 29.6 Å². The Hall–Kier alpha value is -2.98. The number of nitrogens with two attached hydrogens (primary N) is 1. The summed E-state index contributed by atoms with van der Waals surface area (Å²) in [5.74, 6) is -0.711. The van der Waals surface area contributed by atoms with Gasteiger partial charge in [0.15, 0.2) is 0 Å². The van der Waals surface area contributed by atoms with Crippen molar-refractivity contribution in [1.82, 2.24) is 14.8 Å². The van der Waals surface area contributed by atoms with E-state index < -0.39 is 30.1 Å². The maximum Gasteiger partial charge on any atom is 0.433 e. The molecule has 0 bridgehead atoms. The summed E-state index contributed by atoms with van der Waals surface area (Å²) in [5.41, 5.74) is 5.10. The van der Waals surface area contributed by atoms with Crippen molar-refractivity contribution in [3.8, 4) is 11.1 Å². The summed E-state index contributed by atoms with van der Waals surface area (Å²) >= 11 is 0. The first kappa shape index (κ1) is 19.3. The molecule has 0 spiro atoms. The molecule has 3 heterocycles. The van der Waals surface area contributed by atoms with Crippen LogP contribution in [0.4, 0.5) is 13.2 Å². The minimum Gasteiger partial charge on any atom is -0.392 e. The van der Waals surface area contributed by atoms with Gasteiger partial charge in [0.2, 0.25) is 0 Å².